The minimum absolute atomic E-state index is 0.181. The molecule has 5 heteroatoms. The van der Waals surface area contributed by atoms with Crippen molar-refractivity contribution in [2.75, 3.05) is 19.1 Å². The quantitative estimate of drug-likeness (QED) is 0.867. The Hall–Kier alpha value is -1.88. The highest BCUT2D eigenvalue weighted by Crippen LogP contribution is 2.34. The standard InChI is InChI=1S/C15H16N2O2S/c1-17(14(18)11-3-4-11)15-16-13(9-20-15)10-5-7-12(19-2)8-6-10/h5-9,11H,3-4H2,1-2H3. The van der Waals surface area contributed by atoms with Crippen LogP contribution in [0.15, 0.2) is 29.6 Å². The van der Waals surface area contributed by atoms with E-state index >= 15 is 0 Å². The van der Waals surface area contributed by atoms with Gasteiger partial charge in [-0.3, -0.25) is 9.69 Å². The van der Waals surface area contributed by atoms with Crippen LogP contribution in [0.2, 0.25) is 0 Å². The number of hydrogen-bond donors (Lipinski definition) is 0. The first-order valence-corrected chi connectivity index (χ1v) is 7.44. The molecular weight excluding hydrogens is 272 g/mol. The zero-order valence-electron chi connectivity index (χ0n) is 11.5. The highest BCUT2D eigenvalue weighted by Gasteiger charge is 2.33. The summed E-state index contributed by atoms with van der Waals surface area (Å²) in [5, 5.41) is 2.74. The lowest BCUT2D eigenvalue weighted by Gasteiger charge is -2.12. The Balaban J connectivity index is 1.79. The molecule has 1 fully saturated rings. The minimum atomic E-state index is 0.181. The summed E-state index contributed by atoms with van der Waals surface area (Å²) in [6.45, 7) is 0. The van der Waals surface area contributed by atoms with E-state index in [1.165, 1.54) is 11.3 Å². The number of ether oxygens (including phenoxy) is 1. The average Bonchev–Trinajstić information content (AvgIpc) is 3.23. The van der Waals surface area contributed by atoms with E-state index in [2.05, 4.69) is 4.98 Å². The number of thiazole rings is 1. The van der Waals surface area contributed by atoms with E-state index in [0.29, 0.717) is 0 Å². The molecule has 1 aromatic carbocycles. The minimum Gasteiger partial charge on any atom is -0.497 e. The monoisotopic (exact) mass is 288 g/mol. The molecule has 104 valence electrons. The van der Waals surface area contributed by atoms with Gasteiger partial charge in [0.25, 0.3) is 0 Å². The molecular formula is C15H16N2O2S. The van der Waals surface area contributed by atoms with Gasteiger partial charge in [-0.1, -0.05) is 0 Å². The van der Waals surface area contributed by atoms with Gasteiger partial charge in [0.2, 0.25) is 5.91 Å². The molecule has 0 radical (unpaired) electrons. The van der Waals surface area contributed by atoms with Gasteiger partial charge in [-0.05, 0) is 37.1 Å². The van der Waals surface area contributed by atoms with Gasteiger partial charge in [-0.2, -0.15) is 0 Å². The van der Waals surface area contributed by atoms with Crippen LogP contribution in [0, 0.1) is 5.92 Å². The predicted octanol–water partition coefficient (Wildman–Crippen LogP) is 3.19. The molecule has 0 saturated heterocycles. The Morgan fingerprint density at radius 3 is 2.65 bits per heavy atom. The van der Waals surface area contributed by atoms with Gasteiger partial charge in [-0.25, -0.2) is 4.98 Å². The van der Waals surface area contributed by atoms with Gasteiger partial charge in [0.1, 0.15) is 5.75 Å². The number of amides is 1. The highest BCUT2D eigenvalue weighted by molar-refractivity contribution is 7.14. The molecule has 2 aromatic rings. The number of carbonyl (C=O) groups excluding carboxylic acids is 1. The third-order valence-electron chi connectivity index (χ3n) is 3.42. The number of rotatable bonds is 4. The van der Waals surface area contributed by atoms with Crippen LogP contribution in [0.5, 0.6) is 5.75 Å². The number of carbonyl (C=O) groups is 1. The summed E-state index contributed by atoms with van der Waals surface area (Å²) in [6.07, 6.45) is 2.03. The summed E-state index contributed by atoms with van der Waals surface area (Å²) in [7, 11) is 3.45. The van der Waals surface area contributed by atoms with Gasteiger partial charge >= 0.3 is 0 Å². The van der Waals surface area contributed by atoms with Gasteiger partial charge in [0.05, 0.1) is 12.8 Å². The van der Waals surface area contributed by atoms with Crippen molar-refractivity contribution < 1.29 is 9.53 Å². The molecule has 1 aliphatic carbocycles. The summed E-state index contributed by atoms with van der Waals surface area (Å²) in [4.78, 5) is 18.2. The normalized spacial score (nSPS) is 14.1. The molecule has 1 saturated carbocycles. The number of aromatic nitrogens is 1. The van der Waals surface area contributed by atoms with Crippen LogP contribution in [-0.4, -0.2) is 25.0 Å². The smallest absolute Gasteiger partial charge is 0.231 e. The molecule has 0 spiro atoms. The van der Waals surface area contributed by atoms with E-state index in [4.69, 9.17) is 4.74 Å². The number of hydrogen-bond acceptors (Lipinski definition) is 4. The van der Waals surface area contributed by atoms with Crippen LogP contribution in [0.4, 0.5) is 5.13 Å². The van der Waals surface area contributed by atoms with E-state index in [9.17, 15) is 4.79 Å². The van der Waals surface area contributed by atoms with Crippen LogP contribution in [0.1, 0.15) is 12.8 Å². The maximum atomic E-state index is 12.0. The largest absolute Gasteiger partial charge is 0.497 e. The van der Waals surface area contributed by atoms with Gasteiger partial charge in [-0.15, -0.1) is 11.3 Å². The summed E-state index contributed by atoms with van der Waals surface area (Å²) < 4.78 is 5.14. The molecule has 0 atom stereocenters. The van der Waals surface area contributed by atoms with Crippen molar-refractivity contribution in [3.63, 3.8) is 0 Å². The molecule has 4 nitrogen and oxygen atoms in total. The Labute approximate surface area is 122 Å². The number of nitrogens with zero attached hydrogens (tertiary/aromatic N) is 2. The van der Waals surface area contributed by atoms with Crippen LogP contribution in [-0.2, 0) is 4.79 Å². The van der Waals surface area contributed by atoms with Crippen LogP contribution < -0.4 is 9.64 Å². The highest BCUT2D eigenvalue weighted by atomic mass is 32.1. The molecule has 0 unspecified atom stereocenters. The fourth-order valence-corrected chi connectivity index (χ4v) is 2.82. The molecule has 3 rings (SSSR count). The number of anilines is 1. The third-order valence-corrected chi connectivity index (χ3v) is 4.34. The van der Waals surface area contributed by atoms with Gasteiger partial charge in [0, 0.05) is 23.9 Å². The SMILES string of the molecule is COc1ccc(-c2csc(N(C)C(=O)C3CC3)n2)cc1. The van der Waals surface area contributed by atoms with Crippen molar-refractivity contribution in [1.82, 2.24) is 4.98 Å². The summed E-state index contributed by atoms with van der Waals surface area (Å²) >= 11 is 1.50. The average molecular weight is 288 g/mol. The van der Waals surface area contributed by atoms with E-state index in [1.807, 2.05) is 29.6 Å². The number of methoxy groups -OCH3 is 1. The molecule has 0 N–H and O–H groups in total. The molecule has 1 aliphatic rings. The van der Waals surface area contributed by atoms with E-state index in [-0.39, 0.29) is 11.8 Å². The molecule has 1 heterocycles. The Morgan fingerprint density at radius 1 is 1.35 bits per heavy atom. The zero-order chi connectivity index (χ0) is 14.1. The lowest BCUT2D eigenvalue weighted by Crippen LogP contribution is -2.27. The first-order chi connectivity index (χ1) is 9.69. The van der Waals surface area contributed by atoms with E-state index in [0.717, 1.165) is 35.0 Å². The van der Waals surface area contributed by atoms with Gasteiger partial charge < -0.3 is 4.74 Å². The summed E-state index contributed by atoms with van der Waals surface area (Å²) in [6, 6.07) is 7.77. The maximum absolute atomic E-state index is 12.0. The van der Waals surface area contributed by atoms with Crippen molar-refractivity contribution in [3.05, 3.63) is 29.6 Å². The van der Waals surface area contributed by atoms with Crippen molar-refractivity contribution in [3.8, 4) is 17.0 Å². The number of benzene rings is 1. The first kappa shape index (κ1) is 13.1. The first-order valence-electron chi connectivity index (χ1n) is 6.56. The van der Waals surface area contributed by atoms with Crippen molar-refractivity contribution in [2.24, 2.45) is 5.92 Å². The third kappa shape index (κ3) is 2.54. The molecule has 0 bridgehead atoms. The van der Waals surface area contributed by atoms with Crippen molar-refractivity contribution in [1.29, 1.82) is 0 Å². The molecule has 1 aromatic heterocycles. The summed E-state index contributed by atoms with van der Waals surface area (Å²) in [5.74, 6) is 1.22. The zero-order valence-corrected chi connectivity index (χ0v) is 12.3. The molecule has 1 amide bonds. The van der Waals surface area contributed by atoms with Crippen LogP contribution in [0.25, 0.3) is 11.3 Å². The second-order valence-corrected chi connectivity index (χ2v) is 5.75. The predicted molar refractivity (Wildman–Crippen MR) is 80.2 cm³/mol. The maximum Gasteiger partial charge on any atom is 0.231 e. The Morgan fingerprint density at radius 2 is 2.05 bits per heavy atom. The second-order valence-electron chi connectivity index (χ2n) is 4.92. The lowest BCUT2D eigenvalue weighted by molar-refractivity contribution is -0.119. The molecule has 20 heavy (non-hydrogen) atoms. The Bertz CT molecular complexity index is 617. The van der Waals surface area contributed by atoms with Crippen LogP contribution >= 0.6 is 11.3 Å². The van der Waals surface area contributed by atoms with Crippen LogP contribution in [0.3, 0.4) is 0 Å². The van der Waals surface area contributed by atoms with E-state index in [1.54, 1.807) is 19.1 Å². The molecule has 0 aliphatic heterocycles. The second kappa shape index (κ2) is 5.25. The van der Waals surface area contributed by atoms with E-state index < -0.39 is 0 Å². The Kier molecular flexibility index (Phi) is 3.44. The fraction of sp³-hybridized carbons (Fsp3) is 0.333. The van der Waals surface area contributed by atoms with Crippen molar-refractivity contribution in [2.45, 2.75) is 12.8 Å². The fourth-order valence-electron chi connectivity index (χ4n) is 2.01. The van der Waals surface area contributed by atoms with Gasteiger partial charge in [0.15, 0.2) is 5.13 Å². The topological polar surface area (TPSA) is 42.4 Å². The van der Waals surface area contributed by atoms with Crippen molar-refractivity contribution >= 4 is 22.4 Å². The lowest BCUT2D eigenvalue weighted by atomic mass is 10.2. The summed E-state index contributed by atoms with van der Waals surface area (Å²) in [5.41, 5.74) is 1.92.